The van der Waals surface area contributed by atoms with Crippen molar-refractivity contribution in [1.82, 2.24) is 5.32 Å². The molecule has 16 heavy (non-hydrogen) atoms. The molecule has 0 heterocycles. The maximum atomic E-state index is 9.63. The topological polar surface area (TPSA) is 32.3 Å². The summed E-state index contributed by atoms with van der Waals surface area (Å²) in [4.78, 5) is 0. The Hall–Kier alpha value is -0.730. The fourth-order valence-electron chi connectivity index (χ4n) is 2.02. The highest BCUT2D eigenvalue weighted by Gasteiger charge is 2.16. The number of benzene rings is 1. The average Bonchev–Trinajstić information content (AvgIpc) is 2.19. The van der Waals surface area contributed by atoms with Gasteiger partial charge in [-0.3, -0.25) is 0 Å². The summed E-state index contributed by atoms with van der Waals surface area (Å²) >= 11 is 6.01. The molecule has 88 valence electrons. The summed E-state index contributed by atoms with van der Waals surface area (Å²) in [6.07, 6.45) is 5.42. The van der Waals surface area contributed by atoms with E-state index in [0.29, 0.717) is 11.6 Å². The van der Waals surface area contributed by atoms with Gasteiger partial charge in [-0.05, 0) is 31.0 Å². The molecule has 0 unspecified atom stereocenters. The van der Waals surface area contributed by atoms with Crippen molar-refractivity contribution in [2.24, 2.45) is 5.92 Å². The first-order valence-corrected chi connectivity index (χ1v) is 6.32. The lowest BCUT2D eigenvalue weighted by molar-refractivity contribution is 0.292. The van der Waals surface area contributed by atoms with Crippen LogP contribution in [0.5, 0.6) is 5.75 Å². The molecular weight excluding hydrogens is 222 g/mol. The largest absolute Gasteiger partial charge is 0.508 e. The standard InChI is InChI=1S/C13H18ClNO/c14-12-5-2-6-13(16)11(12)9-15-8-7-10-3-1-4-10/h2,5-6,10,15-16H,1,3-4,7-9H2. The zero-order chi connectivity index (χ0) is 11.4. The van der Waals surface area contributed by atoms with Crippen molar-refractivity contribution in [3.8, 4) is 5.75 Å². The lowest BCUT2D eigenvalue weighted by Gasteiger charge is -2.25. The van der Waals surface area contributed by atoms with Crippen molar-refractivity contribution in [1.29, 1.82) is 0 Å². The fraction of sp³-hybridized carbons (Fsp3) is 0.538. The van der Waals surface area contributed by atoms with Crippen LogP contribution in [0, 0.1) is 5.92 Å². The summed E-state index contributed by atoms with van der Waals surface area (Å²) in [6.45, 7) is 1.66. The maximum absolute atomic E-state index is 9.63. The minimum Gasteiger partial charge on any atom is -0.508 e. The molecule has 2 nitrogen and oxygen atoms in total. The van der Waals surface area contributed by atoms with E-state index < -0.39 is 0 Å². The van der Waals surface area contributed by atoms with E-state index in [1.807, 2.05) is 6.07 Å². The Morgan fingerprint density at radius 3 is 2.81 bits per heavy atom. The number of aromatic hydroxyl groups is 1. The molecule has 1 saturated carbocycles. The van der Waals surface area contributed by atoms with Gasteiger partial charge in [0.05, 0.1) is 0 Å². The molecule has 3 heteroatoms. The molecular formula is C13H18ClNO. The van der Waals surface area contributed by atoms with Gasteiger partial charge in [0, 0.05) is 17.1 Å². The minimum absolute atomic E-state index is 0.281. The number of halogens is 1. The maximum Gasteiger partial charge on any atom is 0.121 e. The van der Waals surface area contributed by atoms with Crippen LogP contribution >= 0.6 is 11.6 Å². The minimum atomic E-state index is 0.281. The number of nitrogens with one attached hydrogen (secondary N) is 1. The average molecular weight is 240 g/mol. The van der Waals surface area contributed by atoms with Gasteiger partial charge < -0.3 is 10.4 Å². The van der Waals surface area contributed by atoms with Crippen LogP contribution < -0.4 is 5.32 Å². The summed E-state index contributed by atoms with van der Waals surface area (Å²) in [6, 6.07) is 5.24. The number of phenolic OH excluding ortho intramolecular Hbond substituents is 1. The van der Waals surface area contributed by atoms with Crippen LogP contribution in [0.25, 0.3) is 0 Å². The fourth-order valence-corrected chi connectivity index (χ4v) is 2.26. The third-order valence-corrected chi connectivity index (χ3v) is 3.70. The monoisotopic (exact) mass is 239 g/mol. The Morgan fingerprint density at radius 2 is 2.19 bits per heavy atom. The molecule has 0 aliphatic heterocycles. The highest BCUT2D eigenvalue weighted by atomic mass is 35.5. The van der Waals surface area contributed by atoms with Crippen molar-refractivity contribution in [3.63, 3.8) is 0 Å². The molecule has 2 rings (SSSR count). The molecule has 0 atom stereocenters. The van der Waals surface area contributed by atoms with Gasteiger partial charge in [0.25, 0.3) is 0 Å². The van der Waals surface area contributed by atoms with Crippen molar-refractivity contribution in [3.05, 3.63) is 28.8 Å². The van der Waals surface area contributed by atoms with Crippen molar-refractivity contribution in [2.75, 3.05) is 6.54 Å². The van der Waals surface area contributed by atoms with E-state index in [0.717, 1.165) is 18.0 Å². The smallest absolute Gasteiger partial charge is 0.121 e. The molecule has 1 aromatic carbocycles. The van der Waals surface area contributed by atoms with Crippen LogP contribution in [0.2, 0.25) is 5.02 Å². The Bertz CT molecular complexity index is 330. The second-order valence-electron chi connectivity index (χ2n) is 4.50. The highest BCUT2D eigenvalue weighted by molar-refractivity contribution is 6.31. The first-order valence-electron chi connectivity index (χ1n) is 5.94. The Balaban J connectivity index is 1.75. The number of phenols is 1. The summed E-state index contributed by atoms with van der Waals surface area (Å²) < 4.78 is 0. The zero-order valence-corrected chi connectivity index (χ0v) is 10.1. The van der Waals surface area contributed by atoms with E-state index in [2.05, 4.69) is 5.32 Å². The quantitative estimate of drug-likeness (QED) is 0.773. The van der Waals surface area contributed by atoms with E-state index >= 15 is 0 Å². The van der Waals surface area contributed by atoms with E-state index in [1.165, 1.54) is 25.7 Å². The molecule has 1 fully saturated rings. The molecule has 2 N–H and O–H groups in total. The van der Waals surface area contributed by atoms with Gasteiger partial charge in [-0.1, -0.05) is 36.9 Å². The second kappa shape index (κ2) is 5.55. The van der Waals surface area contributed by atoms with Crippen LogP contribution in [0.4, 0.5) is 0 Å². The first-order chi connectivity index (χ1) is 7.77. The van der Waals surface area contributed by atoms with Crippen LogP contribution in [-0.4, -0.2) is 11.7 Å². The van der Waals surface area contributed by atoms with Crippen molar-refractivity contribution in [2.45, 2.75) is 32.2 Å². The van der Waals surface area contributed by atoms with Crippen LogP contribution in [-0.2, 0) is 6.54 Å². The Morgan fingerprint density at radius 1 is 1.38 bits per heavy atom. The lowest BCUT2D eigenvalue weighted by Crippen LogP contribution is -2.21. The SMILES string of the molecule is Oc1cccc(Cl)c1CNCCC1CCC1. The predicted octanol–water partition coefficient (Wildman–Crippen LogP) is 3.33. The van der Waals surface area contributed by atoms with Gasteiger partial charge in [0.15, 0.2) is 0 Å². The summed E-state index contributed by atoms with van der Waals surface area (Å²) in [5, 5.41) is 13.6. The van der Waals surface area contributed by atoms with E-state index in [-0.39, 0.29) is 5.75 Å². The first kappa shape index (κ1) is 11.7. The van der Waals surface area contributed by atoms with Gasteiger partial charge >= 0.3 is 0 Å². The highest BCUT2D eigenvalue weighted by Crippen LogP contribution is 2.29. The normalized spacial score (nSPS) is 16.1. The second-order valence-corrected chi connectivity index (χ2v) is 4.91. The Kier molecular flexibility index (Phi) is 4.08. The molecule has 1 aromatic rings. The Labute approximate surface area is 102 Å². The van der Waals surface area contributed by atoms with Crippen molar-refractivity contribution >= 4 is 11.6 Å². The van der Waals surface area contributed by atoms with Gasteiger partial charge in [-0.15, -0.1) is 0 Å². The van der Waals surface area contributed by atoms with Crippen LogP contribution in [0.1, 0.15) is 31.2 Å². The molecule has 0 saturated heterocycles. The van der Waals surface area contributed by atoms with Gasteiger partial charge in [0.2, 0.25) is 0 Å². The van der Waals surface area contributed by atoms with Gasteiger partial charge in [0.1, 0.15) is 5.75 Å². The number of hydrogen-bond acceptors (Lipinski definition) is 2. The molecule has 0 spiro atoms. The summed E-state index contributed by atoms with van der Waals surface area (Å²) in [5.74, 6) is 1.20. The van der Waals surface area contributed by atoms with E-state index in [1.54, 1.807) is 12.1 Å². The molecule has 0 aromatic heterocycles. The molecule has 1 aliphatic carbocycles. The molecule has 0 bridgehead atoms. The third-order valence-electron chi connectivity index (χ3n) is 3.35. The summed E-state index contributed by atoms with van der Waals surface area (Å²) in [7, 11) is 0. The lowest BCUT2D eigenvalue weighted by atomic mass is 9.83. The van der Waals surface area contributed by atoms with E-state index in [4.69, 9.17) is 11.6 Å². The van der Waals surface area contributed by atoms with E-state index in [9.17, 15) is 5.11 Å². The van der Waals surface area contributed by atoms with Gasteiger partial charge in [-0.25, -0.2) is 0 Å². The number of rotatable bonds is 5. The van der Waals surface area contributed by atoms with Gasteiger partial charge in [-0.2, -0.15) is 0 Å². The van der Waals surface area contributed by atoms with Crippen LogP contribution in [0.3, 0.4) is 0 Å². The molecule has 0 amide bonds. The summed E-state index contributed by atoms with van der Waals surface area (Å²) in [5.41, 5.74) is 0.803. The predicted molar refractivity (Wildman–Crippen MR) is 66.8 cm³/mol. The molecule has 0 radical (unpaired) electrons. The molecule has 1 aliphatic rings. The van der Waals surface area contributed by atoms with Crippen molar-refractivity contribution < 1.29 is 5.11 Å². The van der Waals surface area contributed by atoms with Crippen LogP contribution in [0.15, 0.2) is 18.2 Å². The third kappa shape index (κ3) is 2.89. The number of hydrogen-bond donors (Lipinski definition) is 2. The zero-order valence-electron chi connectivity index (χ0n) is 9.38.